The molecule has 1 aliphatic heterocycles. The molecule has 0 N–H and O–H groups in total. The highest BCUT2D eigenvalue weighted by Gasteiger charge is 2.31. The van der Waals surface area contributed by atoms with Gasteiger partial charge in [-0.2, -0.15) is 0 Å². The van der Waals surface area contributed by atoms with Crippen molar-refractivity contribution < 1.29 is 13.2 Å². The van der Waals surface area contributed by atoms with Crippen molar-refractivity contribution in [2.24, 2.45) is 5.92 Å². The molecule has 1 heterocycles. The Kier molecular flexibility index (Phi) is 6.08. The first kappa shape index (κ1) is 16.7. The van der Waals surface area contributed by atoms with Crippen molar-refractivity contribution in [1.82, 2.24) is 9.21 Å². The monoisotopic (exact) mass is 310 g/mol. The number of nitrogens with zero attached hydrogens (tertiary/aromatic N) is 2. The molecule has 7 heteroatoms. The van der Waals surface area contributed by atoms with E-state index in [9.17, 15) is 13.2 Å². The number of hydrogen-bond acceptors (Lipinski definition) is 3. The van der Waals surface area contributed by atoms with E-state index in [1.165, 1.54) is 0 Å². The Morgan fingerprint density at radius 1 is 1.42 bits per heavy atom. The Hall–Kier alpha value is -0.330. The van der Waals surface area contributed by atoms with E-state index in [1.807, 2.05) is 6.92 Å². The Labute approximate surface area is 120 Å². The molecule has 19 heavy (non-hydrogen) atoms. The maximum atomic E-state index is 11.8. The number of sulfonamides is 1. The Morgan fingerprint density at radius 2 is 1.95 bits per heavy atom. The van der Waals surface area contributed by atoms with E-state index in [0.717, 1.165) is 12.8 Å². The molecule has 0 aromatic heterocycles. The molecule has 0 aliphatic carbocycles. The lowest BCUT2D eigenvalue weighted by atomic mass is 9.90. The summed E-state index contributed by atoms with van der Waals surface area (Å²) in [7, 11) is -1.33. The van der Waals surface area contributed by atoms with Crippen molar-refractivity contribution >= 4 is 27.5 Å². The average Bonchev–Trinajstić information content (AvgIpc) is 2.44. The van der Waals surface area contributed by atoms with Crippen molar-refractivity contribution in [3.05, 3.63) is 0 Å². The summed E-state index contributed by atoms with van der Waals surface area (Å²) < 4.78 is 25.1. The maximum Gasteiger partial charge on any atom is 0.237 e. The summed E-state index contributed by atoms with van der Waals surface area (Å²) in [6.45, 7) is 4.76. The van der Waals surface area contributed by atoms with Crippen LogP contribution in [0.4, 0.5) is 0 Å². The van der Waals surface area contributed by atoms with Crippen LogP contribution in [0.5, 0.6) is 0 Å². The lowest BCUT2D eigenvalue weighted by molar-refractivity contribution is -0.130. The van der Waals surface area contributed by atoms with Crippen molar-refractivity contribution in [1.29, 1.82) is 0 Å². The van der Waals surface area contributed by atoms with Gasteiger partial charge in [0.1, 0.15) is 5.88 Å². The molecule has 1 rings (SSSR count). The van der Waals surface area contributed by atoms with Gasteiger partial charge in [0.15, 0.2) is 0 Å². The van der Waals surface area contributed by atoms with Crippen LogP contribution in [0.1, 0.15) is 26.7 Å². The van der Waals surface area contributed by atoms with Crippen molar-refractivity contribution in [2.45, 2.75) is 32.7 Å². The van der Waals surface area contributed by atoms with E-state index in [1.54, 1.807) is 23.2 Å². The number of alkyl halides is 1. The standard InChI is InChI=1S/C12H23ClN2O3S/c1-4-19(17,18)15-7-5-11(6-8-15)10(2)14(3)12(16)9-13/h10-11H,4-9H2,1-3H3. The fourth-order valence-electron chi connectivity index (χ4n) is 2.46. The minimum Gasteiger partial charge on any atom is -0.342 e. The number of piperidine rings is 1. The first-order valence-electron chi connectivity index (χ1n) is 6.63. The quantitative estimate of drug-likeness (QED) is 0.715. The second-order valence-electron chi connectivity index (χ2n) is 5.02. The predicted molar refractivity (Wildman–Crippen MR) is 76.7 cm³/mol. The Morgan fingerprint density at radius 3 is 2.37 bits per heavy atom. The molecule has 0 aromatic carbocycles. The van der Waals surface area contributed by atoms with Crippen LogP contribution in [-0.2, 0) is 14.8 Å². The van der Waals surface area contributed by atoms with Crippen molar-refractivity contribution in [3.8, 4) is 0 Å². The van der Waals surface area contributed by atoms with Gasteiger partial charge < -0.3 is 4.90 Å². The van der Waals surface area contributed by atoms with Gasteiger partial charge in [-0.15, -0.1) is 11.6 Å². The largest absolute Gasteiger partial charge is 0.342 e. The molecule has 1 saturated heterocycles. The van der Waals surface area contributed by atoms with Crippen molar-refractivity contribution in [3.63, 3.8) is 0 Å². The smallest absolute Gasteiger partial charge is 0.237 e. The molecule has 0 aromatic rings. The summed E-state index contributed by atoms with van der Waals surface area (Å²) in [6, 6.07) is 0.0951. The topological polar surface area (TPSA) is 57.7 Å². The van der Waals surface area contributed by atoms with E-state index in [4.69, 9.17) is 11.6 Å². The molecule has 1 unspecified atom stereocenters. The minimum absolute atomic E-state index is 0.0100. The first-order valence-corrected chi connectivity index (χ1v) is 8.77. The Balaban J connectivity index is 2.57. The van der Waals surface area contributed by atoms with E-state index in [0.29, 0.717) is 19.0 Å². The lowest BCUT2D eigenvalue weighted by Crippen LogP contribution is -2.46. The molecule has 5 nitrogen and oxygen atoms in total. The molecule has 112 valence electrons. The van der Waals surface area contributed by atoms with Crippen LogP contribution >= 0.6 is 11.6 Å². The predicted octanol–water partition coefficient (Wildman–Crippen LogP) is 1.13. The van der Waals surface area contributed by atoms with Crippen LogP contribution < -0.4 is 0 Å². The third kappa shape index (κ3) is 4.07. The maximum absolute atomic E-state index is 11.8. The first-order chi connectivity index (χ1) is 8.83. The summed E-state index contributed by atoms with van der Waals surface area (Å²) in [5, 5.41) is 0. The second-order valence-corrected chi connectivity index (χ2v) is 7.54. The zero-order valence-corrected chi connectivity index (χ0v) is 13.4. The van der Waals surface area contributed by atoms with Gasteiger partial charge in [0, 0.05) is 26.2 Å². The van der Waals surface area contributed by atoms with Gasteiger partial charge in [0.25, 0.3) is 0 Å². The number of halogens is 1. The van der Waals surface area contributed by atoms with Crippen LogP contribution in [0.3, 0.4) is 0 Å². The zero-order chi connectivity index (χ0) is 14.6. The van der Waals surface area contributed by atoms with Crippen LogP contribution in [0.25, 0.3) is 0 Å². The fraction of sp³-hybridized carbons (Fsp3) is 0.917. The lowest BCUT2D eigenvalue weighted by Gasteiger charge is -2.37. The van der Waals surface area contributed by atoms with Crippen LogP contribution in [0.15, 0.2) is 0 Å². The van der Waals surface area contributed by atoms with Gasteiger partial charge >= 0.3 is 0 Å². The molecule has 0 bridgehead atoms. The van der Waals surface area contributed by atoms with E-state index >= 15 is 0 Å². The van der Waals surface area contributed by atoms with Crippen LogP contribution in [0, 0.1) is 5.92 Å². The van der Waals surface area contributed by atoms with Crippen LogP contribution in [0.2, 0.25) is 0 Å². The molecule has 0 radical (unpaired) electrons. The third-order valence-electron chi connectivity index (χ3n) is 4.06. The van der Waals surface area contributed by atoms with Gasteiger partial charge in [-0.05, 0) is 32.6 Å². The van der Waals surface area contributed by atoms with Gasteiger partial charge in [-0.25, -0.2) is 12.7 Å². The molecule has 1 aliphatic rings. The molecular weight excluding hydrogens is 288 g/mol. The summed E-state index contributed by atoms with van der Waals surface area (Å²) in [6.07, 6.45) is 1.58. The van der Waals surface area contributed by atoms with Gasteiger partial charge in [0.2, 0.25) is 15.9 Å². The number of carbonyl (C=O) groups is 1. The molecule has 0 spiro atoms. The number of carbonyl (C=O) groups excluding carboxylic acids is 1. The highest BCUT2D eigenvalue weighted by molar-refractivity contribution is 7.89. The number of hydrogen-bond donors (Lipinski definition) is 0. The summed E-state index contributed by atoms with van der Waals surface area (Å²) in [4.78, 5) is 13.2. The normalized spacial score (nSPS) is 20.2. The number of amides is 1. The van der Waals surface area contributed by atoms with E-state index in [-0.39, 0.29) is 23.6 Å². The van der Waals surface area contributed by atoms with Gasteiger partial charge in [0.05, 0.1) is 5.75 Å². The minimum atomic E-state index is -3.08. The summed E-state index contributed by atoms with van der Waals surface area (Å²) in [5.74, 6) is 0.389. The second kappa shape index (κ2) is 6.90. The molecule has 1 atom stereocenters. The average molecular weight is 311 g/mol. The van der Waals surface area contributed by atoms with Crippen LogP contribution in [-0.4, -0.2) is 61.3 Å². The van der Waals surface area contributed by atoms with E-state index in [2.05, 4.69) is 0 Å². The van der Waals surface area contributed by atoms with Gasteiger partial charge in [-0.1, -0.05) is 0 Å². The van der Waals surface area contributed by atoms with Crippen molar-refractivity contribution in [2.75, 3.05) is 31.8 Å². The fourth-order valence-corrected chi connectivity index (χ4v) is 3.78. The summed E-state index contributed by atoms with van der Waals surface area (Å²) >= 11 is 5.55. The Bertz CT molecular complexity index is 405. The molecule has 1 fully saturated rings. The highest BCUT2D eigenvalue weighted by Crippen LogP contribution is 2.25. The summed E-state index contributed by atoms with van der Waals surface area (Å²) in [5.41, 5.74) is 0. The zero-order valence-electron chi connectivity index (χ0n) is 11.8. The highest BCUT2D eigenvalue weighted by atomic mass is 35.5. The molecular formula is C12H23ClN2O3S. The molecule has 0 saturated carbocycles. The SMILES string of the molecule is CCS(=O)(=O)N1CCC(C(C)N(C)C(=O)CCl)CC1. The third-order valence-corrected chi connectivity index (χ3v) is 6.17. The number of rotatable bonds is 5. The molecule has 1 amide bonds. The van der Waals surface area contributed by atoms with Gasteiger partial charge in [-0.3, -0.25) is 4.79 Å². The van der Waals surface area contributed by atoms with E-state index < -0.39 is 10.0 Å².